The highest BCUT2D eigenvalue weighted by atomic mass is 16.5. The molecule has 1 aliphatic carbocycles. The standard InChI is InChI=1S/C21H24N2O2.C11H17N.C3H9N.C3H6.C3H8.2C2H6/c24-11-10-23-15-18(16-4-7-21-17(13-16)8-12-25-21)14-20(23)6-5-19-3-1-2-9-22-19;1-3-4-10-12(2)11-8-6-5-7-9-11;1-4(2)3;1-2-3-1;1-3-2;2*1-2/h1-4,7,9,11,13,18,20H,5-6,8,10,12,14-15H2;5-9H,3-4,10H2,1-2H3;1-3H3;1-3H2;3H2,1-2H3;2*1-2H3. The van der Waals surface area contributed by atoms with Crippen LogP contribution >= 0.6 is 0 Å². The maximum absolute atomic E-state index is 11.1. The highest BCUT2D eigenvalue weighted by Crippen LogP contribution is 2.36. The first-order chi connectivity index (χ1) is 24.8. The number of aromatic nitrogens is 1. The van der Waals surface area contributed by atoms with Crippen molar-refractivity contribution in [2.24, 2.45) is 0 Å². The third kappa shape index (κ3) is 22.4. The highest BCUT2D eigenvalue weighted by Gasteiger charge is 2.32. The molecule has 3 heterocycles. The maximum Gasteiger partial charge on any atom is 0.133 e. The second kappa shape index (κ2) is 31.5. The summed E-state index contributed by atoms with van der Waals surface area (Å²) in [7, 11) is 8.14. The third-order valence-corrected chi connectivity index (χ3v) is 7.88. The van der Waals surface area contributed by atoms with Gasteiger partial charge in [0.1, 0.15) is 12.0 Å². The molecule has 2 aliphatic heterocycles. The first-order valence-corrected chi connectivity index (χ1v) is 20.0. The van der Waals surface area contributed by atoms with Crippen LogP contribution in [-0.2, 0) is 17.6 Å². The number of hydrogen-bond acceptors (Lipinski definition) is 6. The molecule has 6 nitrogen and oxygen atoms in total. The van der Waals surface area contributed by atoms with Crippen LogP contribution in [-0.4, -0.2) is 81.5 Å². The van der Waals surface area contributed by atoms with E-state index in [1.54, 1.807) is 0 Å². The lowest BCUT2D eigenvalue weighted by atomic mass is 9.93. The van der Waals surface area contributed by atoms with Crippen molar-refractivity contribution in [1.29, 1.82) is 0 Å². The molecule has 1 saturated heterocycles. The van der Waals surface area contributed by atoms with E-state index < -0.39 is 0 Å². The van der Waals surface area contributed by atoms with E-state index in [1.807, 2.05) is 72.1 Å². The van der Waals surface area contributed by atoms with Gasteiger partial charge in [-0.1, -0.05) is 117 Å². The number of aldehydes is 1. The van der Waals surface area contributed by atoms with Crippen molar-refractivity contribution in [1.82, 2.24) is 14.8 Å². The normalized spacial score (nSPS) is 16.1. The van der Waals surface area contributed by atoms with Crippen LogP contribution in [0, 0.1) is 0 Å². The summed E-state index contributed by atoms with van der Waals surface area (Å²) in [6, 6.07) is 23.7. The van der Waals surface area contributed by atoms with Crippen LogP contribution < -0.4 is 9.64 Å². The summed E-state index contributed by atoms with van der Waals surface area (Å²) in [5, 5.41) is 0. The fraction of sp³-hybridized carbons (Fsp3) is 0.600. The number of likely N-dealkylation sites (tertiary alicyclic amines) is 1. The van der Waals surface area contributed by atoms with E-state index in [2.05, 4.69) is 97.2 Å². The lowest BCUT2D eigenvalue weighted by Crippen LogP contribution is -2.31. The molecule has 0 spiro atoms. The minimum absolute atomic E-state index is 0.446. The van der Waals surface area contributed by atoms with Crippen molar-refractivity contribution >= 4 is 12.0 Å². The molecule has 6 rings (SSSR count). The lowest BCUT2D eigenvalue weighted by Gasteiger charge is -2.21. The molecule has 0 bridgehead atoms. The van der Waals surface area contributed by atoms with Gasteiger partial charge in [0.25, 0.3) is 0 Å². The quantitative estimate of drug-likeness (QED) is 0.196. The van der Waals surface area contributed by atoms with Crippen LogP contribution in [0.3, 0.4) is 0 Å². The summed E-state index contributed by atoms with van der Waals surface area (Å²) in [4.78, 5) is 22.2. The van der Waals surface area contributed by atoms with E-state index in [1.165, 1.54) is 55.3 Å². The average Bonchev–Trinajstić information content (AvgIpc) is 3.88. The van der Waals surface area contributed by atoms with Crippen molar-refractivity contribution < 1.29 is 9.53 Å². The Hall–Kier alpha value is -3.22. The van der Waals surface area contributed by atoms with Gasteiger partial charge in [0, 0.05) is 50.2 Å². The van der Waals surface area contributed by atoms with E-state index in [4.69, 9.17) is 4.74 Å². The second-order valence-corrected chi connectivity index (χ2v) is 13.3. The van der Waals surface area contributed by atoms with Gasteiger partial charge in [0.2, 0.25) is 0 Å². The summed E-state index contributed by atoms with van der Waals surface area (Å²) in [6.07, 6.45) is 15.3. The Kier molecular flexibility index (Phi) is 29.5. The number of benzene rings is 2. The predicted octanol–water partition coefficient (Wildman–Crippen LogP) is 10.7. The van der Waals surface area contributed by atoms with Crippen molar-refractivity contribution in [2.45, 2.75) is 125 Å². The Morgan fingerprint density at radius 2 is 1.51 bits per heavy atom. The first kappa shape index (κ1) is 47.8. The number of ether oxygens (including phenoxy) is 1. The molecule has 1 saturated carbocycles. The van der Waals surface area contributed by atoms with Gasteiger partial charge in [-0.3, -0.25) is 9.88 Å². The molecule has 3 aliphatic rings. The number of aryl methyl sites for hydroxylation is 1. The van der Waals surface area contributed by atoms with Crippen LogP contribution in [0.2, 0.25) is 0 Å². The summed E-state index contributed by atoms with van der Waals surface area (Å²) in [6.45, 7) is 17.9. The van der Waals surface area contributed by atoms with Gasteiger partial charge < -0.3 is 19.3 Å². The minimum Gasteiger partial charge on any atom is -0.493 e. The number of rotatable bonds is 10. The van der Waals surface area contributed by atoms with Crippen molar-refractivity contribution in [3.63, 3.8) is 0 Å². The van der Waals surface area contributed by atoms with E-state index in [-0.39, 0.29) is 0 Å². The van der Waals surface area contributed by atoms with Crippen molar-refractivity contribution in [3.05, 3.63) is 89.7 Å². The number of carbonyl (C=O) groups is 1. The van der Waals surface area contributed by atoms with Crippen LogP contribution in [0.15, 0.2) is 72.9 Å². The molecule has 51 heavy (non-hydrogen) atoms. The third-order valence-electron chi connectivity index (χ3n) is 7.88. The Bertz CT molecular complexity index is 1200. The molecule has 6 heteroatoms. The van der Waals surface area contributed by atoms with Crippen LogP contribution in [0.1, 0.15) is 123 Å². The van der Waals surface area contributed by atoms with Crippen LogP contribution in [0.5, 0.6) is 5.75 Å². The SMILES string of the molecule is C1CC1.CC.CC.CCC.CCCCN(C)c1ccccc1.CN(C)C.O=CCN1CC(c2ccc3c(c2)CCO3)CC1CCc1ccccn1. The molecule has 2 fully saturated rings. The summed E-state index contributed by atoms with van der Waals surface area (Å²) in [5.41, 5.74) is 5.16. The van der Waals surface area contributed by atoms with Gasteiger partial charge in [-0.25, -0.2) is 0 Å². The Balaban J connectivity index is 0.000000797. The molecule has 2 atom stereocenters. The number of pyridine rings is 1. The number of unbranched alkanes of at least 4 members (excludes halogenated alkanes) is 1. The van der Waals surface area contributed by atoms with Gasteiger partial charge >= 0.3 is 0 Å². The predicted molar refractivity (Wildman–Crippen MR) is 224 cm³/mol. The highest BCUT2D eigenvalue weighted by molar-refractivity contribution is 5.52. The van der Waals surface area contributed by atoms with Gasteiger partial charge in [0.15, 0.2) is 0 Å². The van der Waals surface area contributed by atoms with Crippen molar-refractivity contribution in [2.75, 3.05) is 59.3 Å². The van der Waals surface area contributed by atoms with Gasteiger partial charge in [-0.05, 0) is 94.2 Å². The first-order valence-electron chi connectivity index (χ1n) is 20.0. The summed E-state index contributed by atoms with van der Waals surface area (Å²) < 4.78 is 5.62. The van der Waals surface area contributed by atoms with E-state index in [9.17, 15) is 4.79 Å². The van der Waals surface area contributed by atoms with Crippen LogP contribution in [0.25, 0.3) is 0 Å². The fourth-order valence-corrected chi connectivity index (χ4v) is 5.37. The van der Waals surface area contributed by atoms with Gasteiger partial charge in [-0.2, -0.15) is 0 Å². The second-order valence-electron chi connectivity index (χ2n) is 13.3. The Morgan fingerprint density at radius 1 is 0.882 bits per heavy atom. The Labute approximate surface area is 315 Å². The summed E-state index contributed by atoms with van der Waals surface area (Å²) in [5.74, 6) is 1.54. The number of hydrogen-bond donors (Lipinski definition) is 0. The monoisotopic (exact) mass is 705 g/mol. The number of fused-ring (bicyclic) bond motifs is 1. The topological polar surface area (TPSA) is 48.9 Å². The number of nitrogens with zero attached hydrogens (tertiary/aromatic N) is 4. The molecule has 288 valence electrons. The number of para-hydroxylation sites is 1. The van der Waals surface area contributed by atoms with E-state index >= 15 is 0 Å². The maximum atomic E-state index is 11.1. The Morgan fingerprint density at radius 3 is 2.06 bits per heavy atom. The molecule has 0 N–H and O–H groups in total. The number of carbonyl (C=O) groups excluding carboxylic acids is 1. The zero-order valence-corrected chi connectivity index (χ0v) is 34.7. The molecule has 2 unspecified atom stereocenters. The average molecular weight is 705 g/mol. The number of anilines is 1. The van der Waals surface area contributed by atoms with Gasteiger partial charge in [0.05, 0.1) is 13.2 Å². The molecule has 1 aromatic heterocycles. The zero-order chi connectivity index (χ0) is 38.3. The molecule has 0 amide bonds. The molecule has 0 radical (unpaired) electrons. The zero-order valence-electron chi connectivity index (χ0n) is 34.7. The van der Waals surface area contributed by atoms with E-state index in [0.717, 1.165) is 63.1 Å². The minimum atomic E-state index is 0.446. The molecular formula is C45H76N4O2. The largest absolute Gasteiger partial charge is 0.493 e. The lowest BCUT2D eigenvalue weighted by molar-refractivity contribution is -0.109. The summed E-state index contributed by atoms with van der Waals surface area (Å²) >= 11 is 0. The molecular weight excluding hydrogens is 629 g/mol. The van der Waals surface area contributed by atoms with Crippen LogP contribution in [0.4, 0.5) is 5.69 Å². The molecule has 3 aromatic rings. The van der Waals surface area contributed by atoms with Gasteiger partial charge in [-0.15, -0.1) is 0 Å². The van der Waals surface area contributed by atoms with E-state index in [0.29, 0.717) is 18.5 Å². The smallest absolute Gasteiger partial charge is 0.133 e. The fourth-order valence-electron chi connectivity index (χ4n) is 5.37. The molecule has 2 aromatic carbocycles. The van der Waals surface area contributed by atoms with Crippen molar-refractivity contribution in [3.8, 4) is 5.75 Å².